The van der Waals surface area contributed by atoms with E-state index in [4.69, 9.17) is 18.6 Å². The molecule has 1 heterocycles. The number of amides is 1. The van der Waals surface area contributed by atoms with Gasteiger partial charge in [-0.3, -0.25) is 9.59 Å². The lowest BCUT2D eigenvalue weighted by Gasteiger charge is -2.14. The van der Waals surface area contributed by atoms with Gasteiger partial charge in [-0.05, 0) is 40.2 Å². The van der Waals surface area contributed by atoms with Crippen LogP contribution in [0, 0.1) is 0 Å². The topological polar surface area (TPSA) is 87.0 Å². The number of fused-ring (bicyclic) bond motifs is 1. The molecule has 1 amide bonds. The standard InChI is InChI=1S/C25H20BrNO6/c1-30-21-13-20-22(24(32-3)23(21)31-2)18(28)12-19(33-20)14-7-6-8-15(11-14)27-25(29)16-9-4-5-10-17(16)26/h4-13H,1-3H3,(H,27,29). The van der Waals surface area contributed by atoms with Crippen LogP contribution in [0.15, 0.2) is 74.3 Å². The number of methoxy groups -OCH3 is 3. The van der Waals surface area contributed by atoms with Gasteiger partial charge in [-0.15, -0.1) is 0 Å². The van der Waals surface area contributed by atoms with Crippen molar-refractivity contribution in [3.63, 3.8) is 0 Å². The Morgan fingerprint density at radius 3 is 2.36 bits per heavy atom. The molecule has 3 aromatic carbocycles. The Hall–Kier alpha value is -3.78. The molecule has 0 atom stereocenters. The van der Waals surface area contributed by atoms with E-state index >= 15 is 0 Å². The van der Waals surface area contributed by atoms with Crippen LogP contribution in [0.1, 0.15) is 10.4 Å². The number of rotatable bonds is 6. The Morgan fingerprint density at radius 2 is 1.67 bits per heavy atom. The number of hydrogen-bond donors (Lipinski definition) is 1. The van der Waals surface area contributed by atoms with Crippen LogP contribution in [0.2, 0.25) is 0 Å². The Balaban J connectivity index is 1.76. The van der Waals surface area contributed by atoms with Crippen LogP contribution in [-0.2, 0) is 0 Å². The van der Waals surface area contributed by atoms with E-state index in [0.717, 1.165) is 0 Å². The minimum atomic E-state index is -0.299. The maximum absolute atomic E-state index is 13.0. The molecule has 0 unspecified atom stereocenters. The fraction of sp³-hybridized carbons (Fsp3) is 0.120. The van der Waals surface area contributed by atoms with E-state index in [1.165, 1.54) is 27.4 Å². The van der Waals surface area contributed by atoms with Gasteiger partial charge < -0.3 is 23.9 Å². The molecule has 7 nitrogen and oxygen atoms in total. The molecule has 33 heavy (non-hydrogen) atoms. The molecule has 0 spiro atoms. The lowest BCUT2D eigenvalue weighted by Crippen LogP contribution is -2.12. The van der Waals surface area contributed by atoms with Gasteiger partial charge >= 0.3 is 0 Å². The average molecular weight is 510 g/mol. The van der Waals surface area contributed by atoms with E-state index < -0.39 is 0 Å². The smallest absolute Gasteiger partial charge is 0.256 e. The summed E-state index contributed by atoms with van der Waals surface area (Å²) >= 11 is 3.39. The Kier molecular flexibility index (Phi) is 6.37. The van der Waals surface area contributed by atoms with Gasteiger partial charge in [0.15, 0.2) is 16.9 Å². The molecule has 1 N–H and O–H groups in total. The van der Waals surface area contributed by atoms with Crippen molar-refractivity contribution in [2.75, 3.05) is 26.6 Å². The molecule has 0 aliphatic rings. The number of carbonyl (C=O) groups excluding carboxylic acids is 1. The molecule has 4 aromatic rings. The number of carbonyl (C=O) groups is 1. The molecular weight excluding hydrogens is 490 g/mol. The molecular formula is C25H20BrNO6. The molecule has 8 heteroatoms. The first-order chi connectivity index (χ1) is 16.0. The summed E-state index contributed by atoms with van der Waals surface area (Å²) in [5.41, 5.74) is 1.67. The highest BCUT2D eigenvalue weighted by molar-refractivity contribution is 9.10. The largest absolute Gasteiger partial charge is 0.493 e. The molecule has 0 aliphatic heterocycles. The summed E-state index contributed by atoms with van der Waals surface area (Å²) < 4.78 is 22.9. The second-order valence-corrected chi connectivity index (χ2v) is 7.86. The van der Waals surface area contributed by atoms with Gasteiger partial charge in [0.05, 0.1) is 26.9 Å². The molecule has 4 rings (SSSR count). The van der Waals surface area contributed by atoms with E-state index in [9.17, 15) is 9.59 Å². The van der Waals surface area contributed by atoms with Crippen LogP contribution in [0.5, 0.6) is 17.2 Å². The second-order valence-electron chi connectivity index (χ2n) is 7.01. The van der Waals surface area contributed by atoms with E-state index in [2.05, 4.69) is 21.2 Å². The number of halogens is 1. The first kappa shape index (κ1) is 22.4. The fourth-order valence-corrected chi connectivity index (χ4v) is 3.99. The Labute approximate surface area is 198 Å². The van der Waals surface area contributed by atoms with Crippen LogP contribution >= 0.6 is 15.9 Å². The van der Waals surface area contributed by atoms with Crippen molar-refractivity contribution in [1.82, 2.24) is 0 Å². The highest BCUT2D eigenvalue weighted by Gasteiger charge is 2.21. The zero-order valence-corrected chi connectivity index (χ0v) is 19.7. The van der Waals surface area contributed by atoms with Gasteiger partial charge in [-0.25, -0.2) is 0 Å². The third kappa shape index (κ3) is 4.29. The van der Waals surface area contributed by atoms with Crippen LogP contribution in [0.25, 0.3) is 22.3 Å². The van der Waals surface area contributed by atoms with Crippen molar-refractivity contribution in [1.29, 1.82) is 0 Å². The highest BCUT2D eigenvalue weighted by atomic mass is 79.9. The van der Waals surface area contributed by atoms with Crippen molar-refractivity contribution < 1.29 is 23.4 Å². The van der Waals surface area contributed by atoms with Gasteiger partial charge in [0.2, 0.25) is 5.75 Å². The van der Waals surface area contributed by atoms with Gasteiger partial charge in [-0.2, -0.15) is 0 Å². The summed E-state index contributed by atoms with van der Waals surface area (Å²) in [6.45, 7) is 0. The number of nitrogens with one attached hydrogen (secondary N) is 1. The van der Waals surface area contributed by atoms with E-state index in [0.29, 0.717) is 38.5 Å². The van der Waals surface area contributed by atoms with Gasteiger partial charge in [0.25, 0.3) is 5.91 Å². The van der Waals surface area contributed by atoms with Crippen molar-refractivity contribution in [3.8, 4) is 28.6 Å². The molecule has 0 aliphatic carbocycles. The van der Waals surface area contributed by atoms with E-state index in [1.807, 2.05) is 6.07 Å². The fourth-order valence-electron chi connectivity index (χ4n) is 3.52. The van der Waals surface area contributed by atoms with Crippen LogP contribution < -0.4 is 25.0 Å². The minimum Gasteiger partial charge on any atom is -0.493 e. The first-order valence-electron chi connectivity index (χ1n) is 9.90. The van der Waals surface area contributed by atoms with Crippen molar-refractivity contribution in [2.24, 2.45) is 0 Å². The lowest BCUT2D eigenvalue weighted by molar-refractivity contribution is 0.102. The van der Waals surface area contributed by atoms with Gasteiger partial charge in [-0.1, -0.05) is 24.3 Å². The number of ether oxygens (including phenoxy) is 3. The molecule has 0 fully saturated rings. The van der Waals surface area contributed by atoms with Gasteiger partial charge in [0.1, 0.15) is 16.7 Å². The number of hydrogen-bond acceptors (Lipinski definition) is 6. The lowest BCUT2D eigenvalue weighted by atomic mass is 10.1. The van der Waals surface area contributed by atoms with Crippen LogP contribution in [-0.4, -0.2) is 27.2 Å². The second kappa shape index (κ2) is 9.38. The molecule has 168 valence electrons. The summed E-state index contributed by atoms with van der Waals surface area (Å²) in [5, 5.41) is 3.11. The number of anilines is 1. The summed E-state index contributed by atoms with van der Waals surface area (Å²) in [6.07, 6.45) is 0. The Bertz CT molecular complexity index is 1410. The van der Waals surface area contributed by atoms with Crippen molar-refractivity contribution in [3.05, 3.63) is 80.9 Å². The van der Waals surface area contributed by atoms with Crippen LogP contribution in [0.4, 0.5) is 5.69 Å². The normalized spacial score (nSPS) is 10.7. The SMILES string of the molecule is COc1cc2oc(-c3cccc(NC(=O)c4ccccc4Br)c3)cc(=O)c2c(OC)c1OC. The molecule has 0 radical (unpaired) electrons. The average Bonchev–Trinajstić information content (AvgIpc) is 2.82. The van der Waals surface area contributed by atoms with Crippen molar-refractivity contribution in [2.45, 2.75) is 0 Å². The minimum absolute atomic E-state index is 0.238. The molecule has 0 saturated heterocycles. The summed E-state index contributed by atoms with van der Waals surface area (Å²) in [6, 6.07) is 17.2. The molecule has 0 saturated carbocycles. The third-order valence-corrected chi connectivity index (χ3v) is 5.74. The maximum Gasteiger partial charge on any atom is 0.256 e. The number of benzene rings is 3. The molecule has 0 bridgehead atoms. The highest BCUT2D eigenvalue weighted by Crippen LogP contribution is 2.42. The van der Waals surface area contributed by atoms with Gasteiger partial charge in [0, 0.05) is 27.9 Å². The van der Waals surface area contributed by atoms with E-state index in [1.54, 1.807) is 48.5 Å². The summed E-state index contributed by atoms with van der Waals surface area (Å²) in [5.74, 6) is 0.988. The maximum atomic E-state index is 13.0. The zero-order chi connectivity index (χ0) is 23.5. The predicted octanol–water partition coefficient (Wildman–Crippen LogP) is 5.50. The summed E-state index contributed by atoms with van der Waals surface area (Å²) in [4.78, 5) is 25.7. The quantitative estimate of drug-likeness (QED) is 0.369. The third-order valence-electron chi connectivity index (χ3n) is 5.05. The van der Waals surface area contributed by atoms with E-state index in [-0.39, 0.29) is 28.1 Å². The van der Waals surface area contributed by atoms with Crippen molar-refractivity contribution >= 4 is 38.5 Å². The Morgan fingerprint density at radius 1 is 0.909 bits per heavy atom. The monoisotopic (exact) mass is 509 g/mol. The molecule has 1 aromatic heterocycles. The summed E-state index contributed by atoms with van der Waals surface area (Å²) in [7, 11) is 4.40. The zero-order valence-electron chi connectivity index (χ0n) is 18.1. The van der Waals surface area contributed by atoms with Crippen LogP contribution in [0.3, 0.4) is 0 Å². The first-order valence-corrected chi connectivity index (χ1v) is 10.7. The predicted molar refractivity (Wildman–Crippen MR) is 130 cm³/mol.